The van der Waals surface area contributed by atoms with Gasteiger partial charge in [0.2, 0.25) is 5.91 Å². The normalized spacial score (nSPS) is 10.5. The van der Waals surface area contributed by atoms with Gasteiger partial charge in [-0.15, -0.1) is 0 Å². The van der Waals surface area contributed by atoms with Gasteiger partial charge in [-0.1, -0.05) is 6.07 Å². The van der Waals surface area contributed by atoms with Crippen LogP contribution in [0.1, 0.15) is 5.56 Å². The molecule has 2 rings (SSSR count). The van der Waals surface area contributed by atoms with E-state index in [-0.39, 0.29) is 5.91 Å². The average molecular weight is 409 g/mol. The molecule has 0 aliphatic rings. The molecule has 0 radical (unpaired) electrons. The summed E-state index contributed by atoms with van der Waals surface area (Å²) >= 11 is 2.22. The summed E-state index contributed by atoms with van der Waals surface area (Å²) in [6.07, 6.45) is 3.21. The van der Waals surface area contributed by atoms with Crippen LogP contribution in [0.4, 0.5) is 5.69 Å². The third-order valence-corrected chi connectivity index (χ3v) is 3.67. The van der Waals surface area contributed by atoms with Crippen LogP contribution in [0, 0.1) is 3.57 Å². The molecule has 0 aliphatic carbocycles. The molecule has 0 bridgehead atoms. The van der Waals surface area contributed by atoms with E-state index in [2.05, 4.69) is 27.9 Å². The predicted molar refractivity (Wildman–Crippen MR) is 96.4 cm³/mol. The first-order valence-electron chi connectivity index (χ1n) is 6.59. The van der Waals surface area contributed by atoms with Gasteiger partial charge in [0, 0.05) is 15.3 Å². The largest absolute Gasteiger partial charge is 0.493 e. The number of carbonyl (C=O) groups excluding carboxylic acids is 1. The molecule has 0 aromatic heterocycles. The Hall–Kier alpha value is -2.02. The van der Waals surface area contributed by atoms with E-state index in [1.54, 1.807) is 26.4 Å². The molecule has 114 valence electrons. The van der Waals surface area contributed by atoms with Crippen LogP contribution in [-0.2, 0) is 4.79 Å². The van der Waals surface area contributed by atoms with Crippen molar-refractivity contribution in [2.45, 2.75) is 0 Å². The Balaban J connectivity index is 2.04. The van der Waals surface area contributed by atoms with Crippen molar-refractivity contribution >= 4 is 40.3 Å². The third-order valence-electron chi connectivity index (χ3n) is 2.95. The van der Waals surface area contributed by atoms with E-state index in [4.69, 9.17) is 9.47 Å². The summed E-state index contributed by atoms with van der Waals surface area (Å²) in [5.41, 5.74) is 1.62. The number of hydrogen-bond donors (Lipinski definition) is 1. The summed E-state index contributed by atoms with van der Waals surface area (Å²) < 4.78 is 11.5. The topological polar surface area (TPSA) is 47.6 Å². The Kier molecular flexibility index (Phi) is 5.83. The SMILES string of the molecule is COc1ccc(/C=C/C(=O)Nc2ccc(I)cc2)cc1OC. The lowest BCUT2D eigenvalue weighted by molar-refractivity contribution is -0.111. The molecule has 1 N–H and O–H groups in total. The summed E-state index contributed by atoms with van der Waals surface area (Å²) in [5, 5.41) is 2.81. The molecule has 0 heterocycles. The molecule has 0 saturated heterocycles. The lowest BCUT2D eigenvalue weighted by Gasteiger charge is -2.07. The number of amides is 1. The van der Waals surface area contributed by atoms with Crippen LogP contribution in [0.3, 0.4) is 0 Å². The molecule has 5 heteroatoms. The van der Waals surface area contributed by atoms with Gasteiger partial charge in [0.1, 0.15) is 0 Å². The quantitative estimate of drug-likeness (QED) is 0.601. The molecular weight excluding hydrogens is 393 g/mol. The van der Waals surface area contributed by atoms with Crippen molar-refractivity contribution in [1.29, 1.82) is 0 Å². The van der Waals surface area contributed by atoms with Crippen molar-refractivity contribution in [3.8, 4) is 11.5 Å². The highest BCUT2D eigenvalue weighted by atomic mass is 127. The number of ether oxygens (including phenoxy) is 2. The van der Waals surface area contributed by atoms with Gasteiger partial charge < -0.3 is 14.8 Å². The maximum atomic E-state index is 11.9. The Morgan fingerprint density at radius 3 is 2.36 bits per heavy atom. The van der Waals surface area contributed by atoms with Gasteiger partial charge in [-0.3, -0.25) is 4.79 Å². The molecule has 2 aromatic rings. The number of benzene rings is 2. The van der Waals surface area contributed by atoms with Crippen molar-refractivity contribution in [3.63, 3.8) is 0 Å². The second kappa shape index (κ2) is 7.84. The number of rotatable bonds is 5. The minimum atomic E-state index is -0.184. The lowest BCUT2D eigenvalue weighted by atomic mass is 10.2. The van der Waals surface area contributed by atoms with Crippen molar-refractivity contribution in [2.75, 3.05) is 19.5 Å². The number of anilines is 1. The Morgan fingerprint density at radius 1 is 1.05 bits per heavy atom. The van der Waals surface area contributed by atoms with E-state index in [0.717, 1.165) is 14.8 Å². The molecule has 0 atom stereocenters. The molecule has 22 heavy (non-hydrogen) atoms. The van der Waals surface area contributed by atoms with Crippen LogP contribution in [0.5, 0.6) is 11.5 Å². The molecule has 0 unspecified atom stereocenters. The van der Waals surface area contributed by atoms with E-state index in [0.29, 0.717) is 11.5 Å². The van der Waals surface area contributed by atoms with Gasteiger partial charge in [0.05, 0.1) is 14.2 Å². The smallest absolute Gasteiger partial charge is 0.248 e. The summed E-state index contributed by atoms with van der Waals surface area (Å²) in [4.78, 5) is 11.9. The van der Waals surface area contributed by atoms with Crippen LogP contribution < -0.4 is 14.8 Å². The van der Waals surface area contributed by atoms with Crippen molar-refractivity contribution in [3.05, 3.63) is 57.7 Å². The fourth-order valence-corrected chi connectivity index (χ4v) is 2.21. The summed E-state index contributed by atoms with van der Waals surface area (Å²) in [5.74, 6) is 1.10. The summed E-state index contributed by atoms with van der Waals surface area (Å²) in [6.45, 7) is 0. The van der Waals surface area contributed by atoms with Crippen molar-refractivity contribution < 1.29 is 14.3 Å². The Morgan fingerprint density at radius 2 is 1.73 bits per heavy atom. The number of halogens is 1. The lowest BCUT2D eigenvalue weighted by Crippen LogP contribution is -2.07. The maximum Gasteiger partial charge on any atom is 0.248 e. The fraction of sp³-hybridized carbons (Fsp3) is 0.118. The van der Waals surface area contributed by atoms with Crippen LogP contribution in [0.25, 0.3) is 6.08 Å². The molecule has 0 fully saturated rings. The van der Waals surface area contributed by atoms with Gasteiger partial charge in [-0.2, -0.15) is 0 Å². The fourth-order valence-electron chi connectivity index (χ4n) is 1.85. The highest BCUT2D eigenvalue weighted by molar-refractivity contribution is 14.1. The van der Waals surface area contributed by atoms with Gasteiger partial charge in [-0.25, -0.2) is 0 Å². The van der Waals surface area contributed by atoms with Crippen LogP contribution in [0.2, 0.25) is 0 Å². The predicted octanol–water partition coefficient (Wildman–Crippen LogP) is 3.96. The summed E-state index contributed by atoms with van der Waals surface area (Å²) in [6, 6.07) is 13.1. The zero-order valence-corrected chi connectivity index (χ0v) is 14.5. The number of methoxy groups -OCH3 is 2. The van der Waals surface area contributed by atoms with E-state index < -0.39 is 0 Å². The standard InChI is InChI=1S/C17H16INO3/c1-21-15-9-3-12(11-16(15)22-2)4-10-17(20)19-14-7-5-13(18)6-8-14/h3-11H,1-2H3,(H,19,20)/b10-4+. The van der Waals surface area contributed by atoms with Gasteiger partial charge >= 0.3 is 0 Å². The average Bonchev–Trinajstić information content (AvgIpc) is 2.54. The highest BCUT2D eigenvalue weighted by Crippen LogP contribution is 2.27. The molecular formula is C17H16INO3. The molecule has 0 spiro atoms. The second-order valence-electron chi connectivity index (χ2n) is 4.44. The van der Waals surface area contributed by atoms with Crippen LogP contribution >= 0.6 is 22.6 Å². The van der Waals surface area contributed by atoms with Crippen LogP contribution in [-0.4, -0.2) is 20.1 Å². The first-order chi connectivity index (χ1) is 10.6. The minimum absolute atomic E-state index is 0.184. The van der Waals surface area contributed by atoms with Gasteiger partial charge in [0.25, 0.3) is 0 Å². The molecule has 2 aromatic carbocycles. The number of nitrogens with one attached hydrogen (secondary N) is 1. The number of carbonyl (C=O) groups is 1. The highest BCUT2D eigenvalue weighted by Gasteiger charge is 2.03. The van der Waals surface area contributed by atoms with E-state index >= 15 is 0 Å². The molecule has 0 saturated carbocycles. The van der Waals surface area contributed by atoms with Gasteiger partial charge in [0.15, 0.2) is 11.5 Å². The minimum Gasteiger partial charge on any atom is -0.493 e. The first-order valence-corrected chi connectivity index (χ1v) is 7.67. The van der Waals surface area contributed by atoms with E-state index in [1.165, 1.54) is 6.08 Å². The van der Waals surface area contributed by atoms with Gasteiger partial charge in [-0.05, 0) is 70.6 Å². The molecule has 0 aliphatic heterocycles. The number of hydrogen-bond acceptors (Lipinski definition) is 3. The maximum absolute atomic E-state index is 11.9. The first kappa shape index (κ1) is 16.4. The zero-order chi connectivity index (χ0) is 15.9. The third kappa shape index (κ3) is 4.49. The second-order valence-corrected chi connectivity index (χ2v) is 5.69. The Labute approximate surface area is 143 Å². The van der Waals surface area contributed by atoms with E-state index in [1.807, 2.05) is 36.4 Å². The zero-order valence-electron chi connectivity index (χ0n) is 12.3. The summed E-state index contributed by atoms with van der Waals surface area (Å²) in [7, 11) is 3.16. The Bertz CT molecular complexity index is 681. The van der Waals surface area contributed by atoms with Crippen molar-refractivity contribution in [2.24, 2.45) is 0 Å². The van der Waals surface area contributed by atoms with Crippen LogP contribution in [0.15, 0.2) is 48.5 Å². The van der Waals surface area contributed by atoms with E-state index in [9.17, 15) is 4.79 Å². The molecule has 4 nitrogen and oxygen atoms in total. The monoisotopic (exact) mass is 409 g/mol. The van der Waals surface area contributed by atoms with Crippen molar-refractivity contribution in [1.82, 2.24) is 0 Å². The molecule has 1 amide bonds.